The lowest BCUT2D eigenvalue weighted by molar-refractivity contribution is 0.0944. The molecule has 1 fully saturated rings. The minimum Gasteiger partial charge on any atom is -0.396 e. The molecule has 1 aromatic heterocycles. The van der Waals surface area contributed by atoms with Crippen molar-refractivity contribution in [1.29, 1.82) is 0 Å². The van der Waals surface area contributed by atoms with E-state index in [1.54, 1.807) is 0 Å². The highest BCUT2D eigenvalue weighted by Crippen LogP contribution is 2.36. The van der Waals surface area contributed by atoms with Crippen molar-refractivity contribution < 1.29 is 5.11 Å². The maximum Gasteiger partial charge on any atom is 0.0504 e. The van der Waals surface area contributed by atoms with Crippen LogP contribution in [0, 0.1) is 5.41 Å². The Labute approximate surface area is 120 Å². The van der Waals surface area contributed by atoms with Crippen molar-refractivity contribution in [3.63, 3.8) is 0 Å². The number of nitrogens with one attached hydrogen (secondary N) is 1. The van der Waals surface area contributed by atoms with Crippen LogP contribution < -0.4 is 5.32 Å². The van der Waals surface area contributed by atoms with Crippen molar-refractivity contribution in [1.82, 2.24) is 4.98 Å². The Morgan fingerprint density at radius 1 is 1.15 bits per heavy atom. The molecule has 1 heterocycles. The minimum absolute atomic E-state index is 0.0582. The number of fused-ring (bicyclic) bond motifs is 1. The van der Waals surface area contributed by atoms with Crippen LogP contribution in [0.3, 0.4) is 0 Å². The van der Waals surface area contributed by atoms with E-state index in [1.807, 2.05) is 18.5 Å². The van der Waals surface area contributed by atoms with Crippen molar-refractivity contribution in [2.24, 2.45) is 5.41 Å². The molecule has 1 aliphatic rings. The highest BCUT2D eigenvalue weighted by molar-refractivity contribution is 5.93. The van der Waals surface area contributed by atoms with Gasteiger partial charge in [0.05, 0.1) is 6.61 Å². The SMILES string of the molecule is OCC1(CNc2cccc3ccncc23)CCCCC1. The Morgan fingerprint density at radius 2 is 2.00 bits per heavy atom. The van der Waals surface area contributed by atoms with Gasteiger partial charge in [-0.05, 0) is 30.4 Å². The standard InChI is InChI=1S/C17H22N2O/c20-13-17(8-2-1-3-9-17)12-19-16-6-4-5-14-7-10-18-11-15(14)16/h4-7,10-11,19-20H,1-3,8-9,12-13H2. The maximum atomic E-state index is 9.78. The Hall–Kier alpha value is -1.61. The van der Waals surface area contributed by atoms with E-state index in [0.29, 0.717) is 0 Å². The molecule has 2 N–H and O–H groups in total. The summed E-state index contributed by atoms with van der Waals surface area (Å²) in [6.45, 7) is 1.13. The number of rotatable bonds is 4. The van der Waals surface area contributed by atoms with Gasteiger partial charge in [-0.3, -0.25) is 4.98 Å². The molecule has 0 atom stereocenters. The number of aromatic nitrogens is 1. The number of pyridine rings is 1. The molecular weight excluding hydrogens is 248 g/mol. The number of anilines is 1. The third kappa shape index (κ3) is 2.63. The van der Waals surface area contributed by atoms with Crippen molar-refractivity contribution in [2.45, 2.75) is 32.1 Å². The topological polar surface area (TPSA) is 45.1 Å². The predicted octanol–water partition coefficient (Wildman–Crippen LogP) is 3.59. The fourth-order valence-corrected chi connectivity index (χ4v) is 3.24. The van der Waals surface area contributed by atoms with Crippen LogP contribution in [0.2, 0.25) is 0 Å². The van der Waals surface area contributed by atoms with Gasteiger partial charge in [-0.2, -0.15) is 0 Å². The Balaban J connectivity index is 1.79. The maximum absolute atomic E-state index is 9.78. The molecule has 0 unspecified atom stereocenters. The quantitative estimate of drug-likeness (QED) is 0.892. The van der Waals surface area contributed by atoms with Crippen molar-refractivity contribution in [2.75, 3.05) is 18.5 Å². The molecule has 1 saturated carbocycles. The smallest absolute Gasteiger partial charge is 0.0504 e. The molecule has 3 rings (SSSR count). The Morgan fingerprint density at radius 3 is 2.80 bits per heavy atom. The van der Waals surface area contributed by atoms with Crippen molar-refractivity contribution in [3.05, 3.63) is 36.7 Å². The van der Waals surface area contributed by atoms with Gasteiger partial charge < -0.3 is 10.4 Å². The second kappa shape index (κ2) is 5.80. The Kier molecular flexibility index (Phi) is 3.88. The zero-order valence-electron chi connectivity index (χ0n) is 11.8. The normalized spacial score (nSPS) is 18.1. The summed E-state index contributed by atoms with van der Waals surface area (Å²) in [6.07, 6.45) is 9.75. The van der Waals surface area contributed by atoms with E-state index in [-0.39, 0.29) is 12.0 Å². The van der Waals surface area contributed by atoms with Crippen LogP contribution in [0.25, 0.3) is 10.8 Å². The molecule has 106 valence electrons. The summed E-state index contributed by atoms with van der Waals surface area (Å²) in [7, 11) is 0. The summed E-state index contributed by atoms with van der Waals surface area (Å²) >= 11 is 0. The first-order chi connectivity index (χ1) is 9.83. The van der Waals surface area contributed by atoms with Crippen molar-refractivity contribution >= 4 is 16.5 Å². The molecule has 3 heteroatoms. The molecule has 1 aliphatic carbocycles. The highest BCUT2D eigenvalue weighted by atomic mass is 16.3. The van der Waals surface area contributed by atoms with Gasteiger partial charge in [0.2, 0.25) is 0 Å². The van der Waals surface area contributed by atoms with Gasteiger partial charge in [-0.1, -0.05) is 31.4 Å². The number of benzene rings is 1. The average Bonchev–Trinajstić information content (AvgIpc) is 2.54. The largest absolute Gasteiger partial charge is 0.396 e. The lowest BCUT2D eigenvalue weighted by atomic mass is 9.74. The molecule has 0 bridgehead atoms. The lowest BCUT2D eigenvalue weighted by Crippen LogP contribution is -2.35. The molecule has 0 spiro atoms. The lowest BCUT2D eigenvalue weighted by Gasteiger charge is -2.36. The second-order valence-corrected chi connectivity index (χ2v) is 5.97. The van der Waals surface area contributed by atoms with E-state index < -0.39 is 0 Å². The van der Waals surface area contributed by atoms with Gasteiger partial charge in [-0.15, -0.1) is 0 Å². The fraction of sp³-hybridized carbons (Fsp3) is 0.471. The van der Waals surface area contributed by atoms with E-state index in [2.05, 4.69) is 28.5 Å². The molecule has 0 radical (unpaired) electrons. The third-order valence-electron chi connectivity index (χ3n) is 4.59. The first-order valence-electron chi connectivity index (χ1n) is 7.51. The minimum atomic E-state index is 0.0582. The third-order valence-corrected chi connectivity index (χ3v) is 4.59. The zero-order chi connectivity index (χ0) is 13.8. The summed E-state index contributed by atoms with van der Waals surface area (Å²) in [5.74, 6) is 0. The summed E-state index contributed by atoms with van der Waals surface area (Å²) in [5.41, 5.74) is 1.18. The summed E-state index contributed by atoms with van der Waals surface area (Å²) in [6, 6.07) is 8.29. The van der Waals surface area contributed by atoms with Crippen LogP contribution in [0.1, 0.15) is 32.1 Å². The van der Waals surface area contributed by atoms with Crippen LogP contribution in [-0.2, 0) is 0 Å². The van der Waals surface area contributed by atoms with Gasteiger partial charge in [-0.25, -0.2) is 0 Å². The zero-order valence-corrected chi connectivity index (χ0v) is 11.8. The van der Waals surface area contributed by atoms with Gasteiger partial charge in [0.1, 0.15) is 0 Å². The fourth-order valence-electron chi connectivity index (χ4n) is 3.24. The second-order valence-electron chi connectivity index (χ2n) is 5.97. The molecule has 0 aliphatic heterocycles. The predicted molar refractivity (Wildman–Crippen MR) is 82.8 cm³/mol. The van der Waals surface area contributed by atoms with E-state index >= 15 is 0 Å². The average molecular weight is 270 g/mol. The highest BCUT2D eigenvalue weighted by Gasteiger charge is 2.31. The van der Waals surface area contributed by atoms with E-state index in [9.17, 15) is 5.11 Å². The number of hydrogen-bond donors (Lipinski definition) is 2. The summed E-state index contributed by atoms with van der Waals surface area (Å²) < 4.78 is 0. The van der Waals surface area contributed by atoms with E-state index in [1.165, 1.54) is 24.6 Å². The first kappa shape index (κ1) is 13.4. The number of aliphatic hydroxyl groups excluding tert-OH is 1. The molecule has 0 amide bonds. The van der Waals surface area contributed by atoms with Gasteiger partial charge >= 0.3 is 0 Å². The van der Waals surface area contributed by atoms with Crippen LogP contribution in [0.5, 0.6) is 0 Å². The number of hydrogen-bond acceptors (Lipinski definition) is 3. The molecular formula is C17H22N2O. The van der Waals surface area contributed by atoms with Crippen LogP contribution >= 0.6 is 0 Å². The molecule has 1 aromatic carbocycles. The molecule has 20 heavy (non-hydrogen) atoms. The summed E-state index contributed by atoms with van der Waals surface area (Å²) in [4.78, 5) is 4.22. The molecule has 2 aromatic rings. The van der Waals surface area contributed by atoms with Crippen molar-refractivity contribution in [3.8, 4) is 0 Å². The van der Waals surface area contributed by atoms with E-state index in [0.717, 1.165) is 30.5 Å². The van der Waals surface area contributed by atoms with Crippen LogP contribution in [0.4, 0.5) is 5.69 Å². The molecule has 3 nitrogen and oxygen atoms in total. The summed E-state index contributed by atoms with van der Waals surface area (Å²) in [5, 5.41) is 15.7. The Bertz CT molecular complexity index is 571. The monoisotopic (exact) mass is 270 g/mol. The number of nitrogens with zero attached hydrogens (tertiary/aromatic N) is 1. The van der Waals surface area contributed by atoms with Crippen LogP contribution in [-0.4, -0.2) is 23.2 Å². The van der Waals surface area contributed by atoms with Gasteiger partial charge in [0.25, 0.3) is 0 Å². The first-order valence-corrected chi connectivity index (χ1v) is 7.51. The van der Waals surface area contributed by atoms with Crippen LogP contribution in [0.15, 0.2) is 36.7 Å². The van der Waals surface area contributed by atoms with Gasteiger partial charge in [0, 0.05) is 35.4 Å². The van der Waals surface area contributed by atoms with E-state index in [4.69, 9.17) is 0 Å². The molecule has 0 saturated heterocycles. The number of aliphatic hydroxyl groups is 1. The van der Waals surface area contributed by atoms with Gasteiger partial charge in [0.15, 0.2) is 0 Å².